The van der Waals surface area contributed by atoms with Crippen LogP contribution >= 0.6 is 0 Å². The molecule has 1 atom stereocenters. The van der Waals surface area contributed by atoms with Gasteiger partial charge in [0.15, 0.2) is 30.6 Å². The van der Waals surface area contributed by atoms with E-state index in [0.29, 0.717) is 11.4 Å². The van der Waals surface area contributed by atoms with Crippen molar-refractivity contribution in [3.05, 3.63) is 83.9 Å². The van der Waals surface area contributed by atoms with E-state index < -0.39 is 41.9 Å². The third-order valence-corrected chi connectivity index (χ3v) is 5.23. The fraction of sp³-hybridized carbons (Fsp3) is 0.160. The van der Waals surface area contributed by atoms with Crippen molar-refractivity contribution in [1.29, 1.82) is 0 Å². The number of ether oxygens (including phenoxy) is 2. The Labute approximate surface area is 193 Å². The van der Waals surface area contributed by atoms with Gasteiger partial charge < -0.3 is 14.8 Å². The smallest absolute Gasteiger partial charge is 0.265 e. The number of hydrogen-bond acceptors (Lipinski definition) is 5. The minimum Gasteiger partial charge on any atom is -0.485 e. The summed E-state index contributed by atoms with van der Waals surface area (Å²) in [6, 6.07) is 15.3. The second kappa shape index (κ2) is 9.70. The van der Waals surface area contributed by atoms with Crippen LogP contribution in [0.2, 0.25) is 0 Å². The zero-order valence-electron chi connectivity index (χ0n) is 18.1. The molecule has 1 unspecified atom stereocenters. The molecule has 7 nitrogen and oxygen atoms in total. The number of carbonyl (C=O) groups is 3. The maximum atomic E-state index is 13.3. The number of para-hydroxylation sites is 1. The average molecular weight is 466 g/mol. The fourth-order valence-electron chi connectivity index (χ4n) is 3.45. The van der Waals surface area contributed by atoms with Gasteiger partial charge in [0.1, 0.15) is 17.5 Å². The highest BCUT2D eigenvalue weighted by atomic mass is 19.2. The van der Waals surface area contributed by atoms with Gasteiger partial charge in [-0.15, -0.1) is 0 Å². The molecule has 0 saturated heterocycles. The lowest BCUT2D eigenvalue weighted by Gasteiger charge is -2.33. The van der Waals surface area contributed by atoms with Crippen LogP contribution in [0.1, 0.15) is 17.3 Å². The van der Waals surface area contributed by atoms with Crippen molar-refractivity contribution in [3.8, 4) is 11.5 Å². The Kier molecular flexibility index (Phi) is 6.53. The fourth-order valence-corrected chi connectivity index (χ4v) is 3.45. The highest BCUT2D eigenvalue weighted by Crippen LogP contribution is 2.35. The lowest BCUT2D eigenvalue weighted by atomic mass is 10.1. The summed E-state index contributed by atoms with van der Waals surface area (Å²) >= 11 is 0. The third-order valence-electron chi connectivity index (χ3n) is 5.23. The SMILES string of the molecule is CC(C(=O)Nc1ccccc1)N1C(=O)COc2ccc(C(=O)COc3ccc(F)c(F)c3)cc21. The molecule has 3 aromatic rings. The first-order valence-electron chi connectivity index (χ1n) is 10.4. The molecule has 0 bridgehead atoms. The van der Waals surface area contributed by atoms with E-state index in [4.69, 9.17) is 9.47 Å². The van der Waals surface area contributed by atoms with Crippen LogP contribution in [-0.2, 0) is 9.59 Å². The topological polar surface area (TPSA) is 84.9 Å². The molecule has 0 radical (unpaired) electrons. The maximum absolute atomic E-state index is 13.3. The summed E-state index contributed by atoms with van der Waals surface area (Å²) in [5, 5.41) is 2.76. The average Bonchev–Trinajstić information content (AvgIpc) is 2.84. The molecular formula is C25H20F2N2O5. The van der Waals surface area contributed by atoms with Crippen LogP contribution in [0.3, 0.4) is 0 Å². The van der Waals surface area contributed by atoms with Crippen LogP contribution in [0.15, 0.2) is 66.7 Å². The van der Waals surface area contributed by atoms with Crippen molar-refractivity contribution >= 4 is 29.0 Å². The number of ketones is 1. The van der Waals surface area contributed by atoms with E-state index in [9.17, 15) is 23.2 Å². The maximum Gasteiger partial charge on any atom is 0.265 e. The molecule has 9 heteroatoms. The summed E-state index contributed by atoms with van der Waals surface area (Å²) < 4.78 is 37.1. The van der Waals surface area contributed by atoms with E-state index in [1.807, 2.05) is 6.07 Å². The molecule has 0 spiro atoms. The first-order chi connectivity index (χ1) is 16.3. The molecule has 3 aromatic carbocycles. The van der Waals surface area contributed by atoms with Crippen molar-refractivity contribution in [2.45, 2.75) is 13.0 Å². The van der Waals surface area contributed by atoms with Gasteiger partial charge in [-0.3, -0.25) is 19.3 Å². The molecule has 1 aliphatic heterocycles. The molecule has 34 heavy (non-hydrogen) atoms. The second-order valence-electron chi connectivity index (χ2n) is 7.55. The molecule has 4 rings (SSSR count). The highest BCUT2D eigenvalue weighted by molar-refractivity contribution is 6.08. The summed E-state index contributed by atoms with van der Waals surface area (Å²) in [7, 11) is 0. The van der Waals surface area contributed by atoms with Crippen molar-refractivity contribution in [3.63, 3.8) is 0 Å². The number of fused-ring (bicyclic) bond motifs is 1. The minimum absolute atomic E-state index is 0.00319. The van der Waals surface area contributed by atoms with Crippen molar-refractivity contribution in [1.82, 2.24) is 0 Å². The van der Waals surface area contributed by atoms with Crippen LogP contribution in [0.4, 0.5) is 20.2 Å². The van der Waals surface area contributed by atoms with Gasteiger partial charge in [-0.1, -0.05) is 18.2 Å². The lowest BCUT2D eigenvalue weighted by molar-refractivity contribution is -0.125. The molecule has 0 saturated carbocycles. The Morgan fingerprint density at radius 1 is 1.06 bits per heavy atom. The standard InChI is InChI=1S/C25H20F2N2O5/c1-15(25(32)28-17-5-3-2-4-6-17)29-21-11-16(7-10-23(21)34-14-24(29)31)22(30)13-33-18-8-9-19(26)20(27)12-18/h2-12,15H,13-14H2,1H3,(H,28,32). The third kappa shape index (κ3) is 4.88. The van der Waals surface area contributed by atoms with E-state index >= 15 is 0 Å². The summed E-state index contributed by atoms with van der Waals surface area (Å²) in [6.45, 7) is 0.886. The summed E-state index contributed by atoms with van der Waals surface area (Å²) in [5.74, 6) is -3.09. The second-order valence-corrected chi connectivity index (χ2v) is 7.55. The molecule has 174 valence electrons. The number of amides is 2. The van der Waals surface area contributed by atoms with E-state index in [1.54, 1.807) is 31.2 Å². The quantitative estimate of drug-likeness (QED) is 0.533. The number of halogens is 2. The van der Waals surface area contributed by atoms with E-state index in [2.05, 4.69) is 5.32 Å². The minimum atomic E-state index is -1.09. The van der Waals surface area contributed by atoms with Crippen LogP contribution in [0, 0.1) is 11.6 Å². The number of benzene rings is 3. The number of rotatable bonds is 7. The van der Waals surface area contributed by atoms with Crippen molar-refractivity contribution < 1.29 is 32.6 Å². The summed E-state index contributed by atoms with van der Waals surface area (Å²) in [6.07, 6.45) is 0. The van der Waals surface area contributed by atoms with Gasteiger partial charge in [-0.25, -0.2) is 8.78 Å². The number of carbonyl (C=O) groups excluding carboxylic acids is 3. The number of nitrogens with zero attached hydrogens (tertiary/aromatic N) is 1. The molecular weight excluding hydrogens is 446 g/mol. The van der Waals surface area contributed by atoms with Crippen molar-refractivity contribution in [2.24, 2.45) is 0 Å². The Balaban J connectivity index is 1.52. The Bertz CT molecular complexity index is 1250. The van der Waals surface area contributed by atoms with Crippen LogP contribution in [0.25, 0.3) is 0 Å². The number of anilines is 2. The number of hydrogen-bond donors (Lipinski definition) is 1. The normalized spacial score (nSPS) is 13.5. The number of Topliss-reactive ketones (excluding diaryl/α,β-unsaturated/α-hetero) is 1. The molecule has 0 aliphatic carbocycles. The first-order valence-corrected chi connectivity index (χ1v) is 10.4. The van der Waals surface area contributed by atoms with Crippen molar-refractivity contribution in [2.75, 3.05) is 23.4 Å². The van der Waals surface area contributed by atoms with Gasteiger partial charge in [0, 0.05) is 17.3 Å². The zero-order chi connectivity index (χ0) is 24.2. The van der Waals surface area contributed by atoms with Crippen LogP contribution < -0.4 is 19.7 Å². The van der Waals surface area contributed by atoms with Gasteiger partial charge in [0.2, 0.25) is 5.91 Å². The monoisotopic (exact) mass is 466 g/mol. The molecule has 1 heterocycles. The summed E-state index contributed by atoms with van der Waals surface area (Å²) in [4.78, 5) is 39.4. The Hall–Kier alpha value is -4.27. The molecule has 0 fully saturated rings. The lowest BCUT2D eigenvalue weighted by Crippen LogP contribution is -2.49. The molecule has 1 N–H and O–H groups in total. The van der Waals surface area contributed by atoms with Gasteiger partial charge in [-0.05, 0) is 49.4 Å². The number of nitrogens with one attached hydrogen (secondary N) is 1. The summed E-state index contributed by atoms with van der Waals surface area (Å²) in [5.41, 5.74) is 1.05. The van der Waals surface area contributed by atoms with Gasteiger partial charge in [-0.2, -0.15) is 0 Å². The largest absolute Gasteiger partial charge is 0.485 e. The van der Waals surface area contributed by atoms with Crippen LogP contribution in [-0.4, -0.2) is 36.9 Å². The molecule has 0 aromatic heterocycles. The Morgan fingerprint density at radius 2 is 1.82 bits per heavy atom. The zero-order valence-corrected chi connectivity index (χ0v) is 18.1. The highest BCUT2D eigenvalue weighted by Gasteiger charge is 2.33. The predicted molar refractivity (Wildman–Crippen MR) is 120 cm³/mol. The first kappa shape index (κ1) is 22.9. The van der Waals surface area contributed by atoms with Gasteiger partial charge in [0.05, 0.1) is 5.69 Å². The van der Waals surface area contributed by atoms with E-state index in [-0.39, 0.29) is 23.6 Å². The van der Waals surface area contributed by atoms with Gasteiger partial charge >= 0.3 is 0 Å². The van der Waals surface area contributed by atoms with E-state index in [1.165, 1.54) is 29.2 Å². The van der Waals surface area contributed by atoms with Crippen LogP contribution in [0.5, 0.6) is 11.5 Å². The Morgan fingerprint density at radius 3 is 2.56 bits per heavy atom. The predicted octanol–water partition coefficient (Wildman–Crippen LogP) is 3.98. The molecule has 1 aliphatic rings. The van der Waals surface area contributed by atoms with E-state index in [0.717, 1.165) is 12.1 Å². The van der Waals surface area contributed by atoms with Gasteiger partial charge in [0.25, 0.3) is 5.91 Å². The molecule has 2 amide bonds.